The van der Waals surface area contributed by atoms with Gasteiger partial charge in [-0.15, -0.1) is 0 Å². The summed E-state index contributed by atoms with van der Waals surface area (Å²) in [7, 11) is 0. The van der Waals surface area contributed by atoms with E-state index in [4.69, 9.17) is 5.26 Å². The van der Waals surface area contributed by atoms with E-state index < -0.39 is 23.1 Å². The van der Waals surface area contributed by atoms with Crippen molar-refractivity contribution in [3.05, 3.63) is 59.0 Å². The molecule has 3 rings (SSSR count). The van der Waals surface area contributed by atoms with E-state index in [-0.39, 0.29) is 28.8 Å². The summed E-state index contributed by atoms with van der Waals surface area (Å²) < 4.78 is 29.1. The van der Waals surface area contributed by atoms with Crippen molar-refractivity contribution in [2.45, 2.75) is 26.4 Å². The largest absolute Gasteiger partial charge is 0.346 e. The van der Waals surface area contributed by atoms with Gasteiger partial charge in [-0.25, -0.2) is 8.78 Å². The molecule has 1 aromatic carbocycles. The second-order valence-electron chi connectivity index (χ2n) is 6.45. The van der Waals surface area contributed by atoms with Crippen molar-refractivity contribution in [1.29, 1.82) is 5.26 Å². The zero-order valence-electron chi connectivity index (χ0n) is 15.5. The van der Waals surface area contributed by atoms with Gasteiger partial charge in [-0.05, 0) is 31.2 Å². The van der Waals surface area contributed by atoms with E-state index >= 15 is 0 Å². The van der Waals surface area contributed by atoms with Crippen LogP contribution in [0, 0.1) is 23.0 Å². The molecule has 10 heteroatoms. The lowest BCUT2D eigenvalue weighted by Gasteiger charge is -2.13. The number of carbonyl (C=O) groups excluding carboxylic acids is 2. The minimum absolute atomic E-state index is 0.159. The number of nitrogens with one attached hydrogen (secondary N) is 2. The van der Waals surface area contributed by atoms with Gasteiger partial charge in [0.15, 0.2) is 5.78 Å². The third-order valence-corrected chi connectivity index (χ3v) is 4.11. The first-order valence-corrected chi connectivity index (χ1v) is 8.58. The van der Waals surface area contributed by atoms with Crippen LogP contribution < -0.4 is 5.32 Å². The van der Waals surface area contributed by atoms with E-state index in [1.807, 2.05) is 0 Å². The minimum Gasteiger partial charge on any atom is -0.346 e. The van der Waals surface area contributed by atoms with E-state index in [1.54, 1.807) is 19.2 Å². The number of ketones is 1. The molecular formula is C19H16F2N6O2. The molecule has 2 aromatic heterocycles. The van der Waals surface area contributed by atoms with Crippen molar-refractivity contribution in [3.8, 4) is 17.3 Å². The predicted octanol–water partition coefficient (Wildman–Crippen LogP) is 2.44. The zero-order valence-corrected chi connectivity index (χ0v) is 15.5. The van der Waals surface area contributed by atoms with Gasteiger partial charge in [0.05, 0.1) is 12.2 Å². The second-order valence-corrected chi connectivity index (χ2v) is 6.45. The molecule has 8 nitrogen and oxygen atoms in total. The summed E-state index contributed by atoms with van der Waals surface area (Å²) in [5.41, 5.74) is 0.207. The summed E-state index contributed by atoms with van der Waals surface area (Å²) in [5.74, 6) is -2.60. The van der Waals surface area contributed by atoms with Crippen LogP contribution in [0.2, 0.25) is 0 Å². The highest BCUT2D eigenvalue weighted by Gasteiger charge is 2.16. The number of nitrogens with zero attached hydrogens (tertiary/aromatic N) is 4. The van der Waals surface area contributed by atoms with Gasteiger partial charge in [0.2, 0.25) is 0 Å². The fraction of sp³-hybridized carbons (Fsp3) is 0.211. The topological polar surface area (TPSA) is 116 Å². The van der Waals surface area contributed by atoms with Gasteiger partial charge in [-0.3, -0.25) is 19.4 Å². The van der Waals surface area contributed by atoms with E-state index in [0.717, 1.165) is 12.1 Å². The molecule has 148 valence electrons. The van der Waals surface area contributed by atoms with Gasteiger partial charge in [0.1, 0.15) is 34.7 Å². The Morgan fingerprint density at radius 3 is 2.59 bits per heavy atom. The Kier molecular flexibility index (Phi) is 5.50. The minimum atomic E-state index is -0.956. The van der Waals surface area contributed by atoms with Crippen LogP contribution in [-0.4, -0.2) is 37.7 Å². The summed E-state index contributed by atoms with van der Waals surface area (Å²) in [5, 5.41) is 22.0. The van der Waals surface area contributed by atoms with Crippen molar-refractivity contribution in [3.63, 3.8) is 0 Å². The molecule has 2 N–H and O–H groups in total. The van der Waals surface area contributed by atoms with Crippen LogP contribution in [0.5, 0.6) is 0 Å². The average molecular weight is 398 g/mol. The molecule has 0 saturated carbocycles. The first-order valence-electron chi connectivity index (χ1n) is 8.58. The van der Waals surface area contributed by atoms with Crippen molar-refractivity contribution >= 4 is 11.7 Å². The number of Topliss-reactive ketones (excluding diaryl/α,β-unsaturated/α-hetero) is 1. The number of nitriles is 1. The number of aromatic amines is 1. The molecule has 0 bridgehead atoms. The number of amides is 1. The van der Waals surface area contributed by atoms with Gasteiger partial charge in [-0.1, -0.05) is 0 Å². The number of H-pyrrole nitrogens is 1. The SMILES string of the molecule is CC(=O)c1cc(C(=O)N[C@@H](C)Cn2ccc(-c3cc(F)c(C#N)c(F)c3)n2)[nH]n1. The Bertz CT molecular complexity index is 1100. The lowest BCUT2D eigenvalue weighted by atomic mass is 10.1. The lowest BCUT2D eigenvalue weighted by Crippen LogP contribution is -2.36. The van der Waals surface area contributed by atoms with Gasteiger partial charge < -0.3 is 5.32 Å². The summed E-state index contributed by atoms with van der Waals surface area (Å²) in [6.45, 7) is 3.39. The first-order chi connectivity index (χ1) is 13.8. The standard InChI is InChI=1S/C19H16F2N6O2/c1-10(23-19(29)18-7-17(11(2)28)24-25-18)9-27-4-3-16(26-27)12-5-14(20)13(8-22)15(21)6-12/h3-7,10H,9H2,1-2H3,(H,23,29)(H,24,25)/t10-/m0/s1. The van der Waals surface area contributed by atoms with E-state index in [0.29, 0.717) is 12.2 Å². The van der Waals surface area contributed by atoms with Gasteiger partial charge in [0, 0.05) is 24.7 Å². The summed E-state index contributed by atoms with van der Waals surface area (Å²) in [4.78, 5) is 23.5. The number of halogens is 2. The smallest absolute Gasteiger partial charge is 0.269 e. The molecule has 0 aliphatic heterocycles. The van der Waals surface area contributed by atoms with E-state index in [1.165, 1.54) is 23.7 Å². The van der Waals surface area contributed by atoms with Crippen LogP contribution in [0.3, 0.4) is 0 Å². The van der Waals surface area contributed by atoms with Crippen LogP contribution in [-0.2, 0) is 6.54 Å². The van der Waals surface area contributed by atoms with Gasteiger partial charge in [-0.2, -0.15) is 15.5 Å². The maximum Gasteiger partial charge on any atom is 0.269 e. The molecule has 0 aliphatic carbocycles. The van der Waals surface area contributed by atoms with Crippen molar-refractivity contribution in [2.75, 3.05) is 0 Å². The number of benzene rings is 1. The number of carbonyl (C=O) groups is 2. The zero-order chi connectivity index (χ0) is 21.1. The third-order valence-electron chi connectivity index (χ3n) is 4.11. The fourth-order valence-corrected chi connectivity index (χ4v) is 2.69. The number of aromatic nitrogens is 4. The molecule has 0 unspecified atom stereocenters. The molecular weight excluding hydrogens is 382 g/mol. The Labute approximate surface area is 164 Å². The molecule has 1 atom stereocenters. The highest BCUT2D eigenvalue weighted by molar-refractivity contribution is 5.97. The van der Waals surface area contributed by atoms with Crippen molar-refractivity contribution in [1.82, 2.24) is 25.3 Å². The average Bonchev–Trinajstić information content (AvgIpc) is 3.31. The molecule has 0 spiro atoms. The monoisotopic (exact) mass is 398 g/mol. The van der Waals surface area contributed by atoms with E-state index in [9.17, 15) is 18.4 Å². The molecule has 1 amide bonds. The summed E-state index contributed by atoms with van der Waals surface area (Å²) >= 11 is 0. The van der Waals surface area contributed by atoms with Gasteiger partial charge >= 0.3 is 0 Å². The first kappa shape index (κ1) is 19.9. The third kappa shape index (κ3) is 4.35. The van der Waals surface area contributed by atoms with Crippen molar-refractivity contribution < 1.29 is 18.4 Å². The molecule has 2 heterocycles. The predicted molar refractivity (Wildman–Crippen MR) is 97.8 cm³/mol. The van der Waals surface area contributed by atoms with Crippen LogP contribution in [0.15, 0.2) is 30.5 Å². The van der Waals surface area contributed by atoms with E-state index in [2.05, 4.69) is 20.6 Å². The van der Waals surface area contributed by atoms with Gasteiger partial charge in [0.25, 0.3) is 5.91 Å². The fourth-order valence-electron chi connectivity index (χ4n) is 2.69. The van der Waals surface area contributed by atoms with Crippen LogP contribution in [0.4, 0.5) is 8.78 Å². The number of hydrogen-bond acceptors (Lipinski definition) is 5. The Morgan fingerprint density at radius 1 is 1.31 bits per heavy atom. The van der Waals surface area contributed by atoms with Crippen LogP contribution >= 0.6 is 0 Å². The normalized spacial score (nSPS) is 11.7. The molecule has 0 aliphatic rings. The second kappa shape index (κ2) is 8.02. The summed E-state index contributed by atoms with van der Waals surface area (Å²) in [6.07, 6.45) is 1.61. The van der Waals surface area contributed by atoms with Crippen LogP contribution in [0.1, 0.15) is 40.4 Å². The number of rotatable bonds is 6. The Balaban J connectivity index is 1.67. The number of hydrogen-bond donors (Lipinski definition) is 2. The Hall–Kier alpha value is -3.87. The summed E-state index contributed by atoms with van der Waals surface area (Å²) in [6, 6.07) is 6.16. The molecule has 29 heavy (non-hydrogen) atoms. The maximum atomic E-state index is 13.8. The highest BCUT2D eigenvalue weighted by Crippen LogP contribution is 2.22. The molecule has 0 saturated heterocycles. The molecule has 3 aromatic rings. The van der Waals surface area contributed by atoms with Crippen molar-refractivity contribution in [2.24, 2.45) is 0 Å². The maximum absolute atomic E-state index is 13.8. The Morgan fingerprint density at radius 2 is 2.00 bits per heavy atom. The molecule has 0 radical (unpaired) electrons. The lowest BCUT2D eigenvalue weighted by molar-refractivity contribution is 0.0930. The van der Waals surface area contributed by atoms with Crippen LogP contribution in [0.25, 0.3) is 11.3 Å². The molecule has 0 fully saturated rings. The highest BCUT2D eigenvalue weighted by atomic mass is 19.1. The quantitative estimate of drug-likeness (QED) is 0.619.